The van der Waals surface area contributed by atoms with E-state index in [-0.39, 0.29) is 12.6 Å². The Morgan fingerprint density at radius 2 is 2.05 bits per heavy atom. The second-order valence-electron chi connectivity index (χ2n) is 4.77. The fourth-order valence-electron chi connectivity index (χ4n) is 2.00. The number of aryl methyl sites for hydroxylation is 2. The zero-order valence-electron chi connectivity index (χ0n) is 12.0. The molecule has 0 spiro atoms. The maximum atomic E-state index is 11.7. The molecule has 0 aliphatic heterocycles. The molecule has 0 N–H and O–H groups in total. The van der Waals surface area contributed by atoms with E-state index in [4.69, 9.17) is 14.5 Å². The van der Waals surface area contributed by atoms with Crippen LogP contribution in [0.25, 0.3) is 0 Å². The third-order valence-corrected chi connectivity index (χ3v) is 3.24. The summed E-state index contributed by atoms with van der Waals surface area (Å²) < 4.78 is 10.3. The summed E-state index contributed by atoms with van der Waals surface area (Å²) in [5.74, 6) is 0.478. The largest absolute Gasteiger partial charge is 0.461 e. The average Bonchev–Trinajstić information content (AvgIpc) is 2.82. The SMILES string of the molecule is Cc1noc(C)c1CCC(=O)OCc1ccc(C#N)cc1. The number of rotatable bonds is 5. The minimum Gasteiger partial charge on any atom is -0.461 e. The van der Waals surface area contributed by atoms with Crippen LogP contribution in [0.15, 0.2) is 28.8 Å². The van der Waals surface area contributed by atoms with E-state index in [9.17, 15) is 4.79 Å². The van der Waals surface area contributed by atoms with E-state index in [1.54, 1.807) is 24.3 Å². The van der Waals surface area contributed by atoms with Gasteiger partial charge in [-0.15, -0.1) is 0 Å². The van der Waals surface area contributed by atoms with Crippen molar-refractivity contribution in [3.63, 3.8) is 0 Å². The molecule has 0 saturated carbocycles. The zero-order valence-corrected chi connectivity index (χ0v) is 12.0. The van der Waals surface area contributed by atoms with Crippen LogP contribution in [-0.4, -0.2) is 11.1 Å². The molecule has 2 rings (SSSR count). The lowest BCUT2D eigenvalue weighted by Crippen LogP contribution is -2.06. The first-order valence-corrected chi connectivity index (χ1v) is 6.66. The number of ether oxygens (including phenoxy) is 1. The minimum absolute atomic E-state index is 0.214. The summed E-state index contributed by atoms with van der Waals surface area (Å²) in [6, 6.07) is 9.00. The summed E-state index contributed by atoms with van der Waals surface area (Å²) >= 11 is 0. The van der Waals surface area contributed by atoms with Gasteiger partial charge in [-0.05, 0) is 38.0 Å². The molecule has 5 heteroatoms. The zero-order chi connectivity index (χ0) is 15.2. The van der Waals surface area contributed by atoms with Gasteiger partial charge in [-0.25, -0.2) is 0 Å². The number of aromatic nitrogens is 1. The minimum atomic E-state index is -0.264. The second kappa shape index (κ2) is 6.71. The van der Waals surface area contributed by atoms with Crippen LogP contribution in [0.2, 0.25) is 0 Å². The van der Waals surface area contributed by atoms with E-state index in [1.807, 2.05) is 19.9 Å². The molecule has 2 aromatic rings. The van der Waals surface area contributed by atoms with E-state index in [0.717, 1.165) is 22.6 Å². The highest BCUT2D eigenvalue weighted by Crippen LogP contribution is 2.15. The normalized spacial score (nSPS) is 10.1. The molecule has 0 aliphatic rings. The van der Waals surface area contributed by atoms with Gasteiger partial charge in [0.15, 0.2) is 0 Å². The van der Waals surface area contributed by atoms with E-state index in [0.29, 0.717) is 18.4 Å². The van der Waals surface area contributed by atoms with Gasteiger partial charge in [-0.3, -0.25) is 4.79 Å². The summed E-state index contributed by atoms with van der Waals surface area (Å²) in [6.45, 7) is 3.90. The van der Waals surface area contributed by atoms with Crippen molar-refractivity contribution in [3.05, 3.63) is 52.4 Å². The molecule has 0 radical (unpaired) electrons. The number of hydrogen-bond donors (Lipinski definition) is 0. The van der Waals surface area contributed by atoms with Gasteiger partial charge in [-0.1, -0.05) is 17.3 Å². The Morgan fingerprint density at radius 1 is 1.33 bits per heavy atom. The Hall–Kier alpha value is -2.61. The summed E-state index contributed by atoms with van der Waals surface area (Å²) in [5.41, 5.74) is 3.22. The summed E-state index contributed by atoms with van der Waals surface area (Å²) in [7, 11) is 0. The average molecular weight is 284 g/mol. The number of benzene rings is 1. The van der Waals surface area contributed by atoms with Crippen molar-refractivity contribution in [1.82, 2.24) is 5.16 Å². The molecule has 1 heterocycles. The van der Waals surface area contributed by atoms with E-state index in [1.165, 1.54) is 0 Å². The first-order valence-electron chi connectivity index (χ1n) is 6.66. The van der Waals surface area contributed by atoms with Gasteiger partial charge in [0.05, 0.1) is 17.3 Å². The fraction of sp³-hybridized carbons (Fsp3) is 0.312. The predicted molar refractivity (Wildman–Crippen MR) is 75.3 cm³/mol. The lowest BCUT2D eigenvalue weighted by Gasteiger charge is -2.05. The van der Waals surface area contributed by atoms with Crippen LogP contribution in [0, 0.1) is 25.2 Å². The molecule has 0 atom stereocenters. The maximum Gasteiger partial charge on any atom is 0.306 e. The van der Waals surface area contributed by atoms with Gasteiger partial charge in [0.2, 0.25) is 0 Å². The molecule has 0 bridgehead atoms. The lowest BCUT2D eigenvalue weighted by molar-refractivity contribution is -0.144. The third-order valence-electron chi connectivity index (χ3n) is 3.24. The Balaban J connectivity index is 1.81. The summed E-state index contributed by atoms with van der Waals surface area (Å²) in [6.07, 6.45) is 0.854. The van der Waals surface area contributed by atoms with Gasteiger partial charge in [-0.2, -0.15) is 5.26 Å². The van der Waals surface area contributed by atoms with E-state index < -0.39 is 0 Å². The number of carbonyl (C=O) groups is 1. The van der Waals surface area contributed by atoms with Gasteiger partial charge in [0.1, 0.15) is 12.4 Å². The van der Waals surface area contributed by atoms with Gasteiger partial charge >= 0.3 is 5.97 Å². The first kappa shape index (κ1) is 14.8. The molecule has 0 saturated heterocycles. The van der Waals surface area contributed by atoms with Crippen LogP contribution < -0.4 is 0 Å². The van der Waals surface area contributed by atoms with E-state index >= 15 is 0 Å². The molecule has 0 unspecified atom stereocenters. The maximum absolute atomic E-state index is 11.7. The Kier molecular flexibility index (Phi) is 4.72. The highest BCUT2D eigenvalue weighted by atomic mass is 16.5. The van der Waals surface area contributed by atoms with Crippen LogP contribution in [0.5, 0.6) is 0 Å². The number of carbonyl (C=O) groups excluding carboxylic acids is 1. The Labute approximate surface area is 123 Å². The van der Waals surface area contributed by atoms with Crippen molar-refractivity contribution in [2.45, 2.75) is 33.3 Å². The highest BCUT2D eigenvalue weighted by molar-refractivity contribution is 5.69. The molecular formula is C16H16N2O3. The fourth-order valence-corrected chi connectivity index (χ4v) is 2.00. The Bertz CT molecular complexity index is 646. The van der Waals surface area contributed by atoms with Crippen molar-refractivity contribution >= 4 is 5.97 Å². The van der Waals surface area contributed by atoms with Crippen LogP contribution >= 0.6 is 0 Å². The quantitative estimate of drug-likeness (QED) is 0.789. The molecular weight excluding hydrogens is 268 g/mol. The molecule has 108 valence electrons. The Morgan fingerprint density at radius 3 is 2.62 bits per heavy atom. The lowest BCUT2D eigenvalue weighted by atomic mass is 10.1. The first-order chi connectivity index (χ1) is 10.1. The van der Waals surface area contributed by atoms with Crippen molar-refractivity contribution in [2.75, 3.05) is 0 Å². The number of nitrogens with zero attached hydrogens (tertiary/aromatic N) is 2. The molecule has 0 amide bonds. The van der Waals surface area contributed by atoms with Crippen molar-refractivity contribution in [2.24, 2.45) is 0 Å². The van der Waals surface area contributed by atoms with Crippen LogP contribution in [0.3, 0.4) is 0 Å². The molecule has 21 heavy (non-hydrogen) atoms. The van der Waals surface area contributed by atoms with E-state index in [2.05, 4.69) is 5.16 Å². The number of nitriles is 1. The summed E-state index contributed by atoms with van der Waals surface area (Å²) in [4.78, 5) is 11.7. The molecule has 0 fully saturated rings. The molecule has 5 nitrogen and oxygen atoms in total. The van der Waals surface area contributed by atoms with Gasteiger partial charge in [0.25, 0.3) is 0 Å². The van der Waals surface area contributed by atoms with Crippen molar-refractivity contribution < 1.29 is 14.1 Å². The number of esters is 1. The van der Waals surface area contributed by atoms with Crippen LogP contribution in [-0.2, 0) is 22.6 Å². The van der Waals surface area contributed by atoms with Crippen LogP contribution in [0.1, 0.15) is 34.6 Å². The molecule has 1 aromatic carbocycles. The highest BCUT2D eigenvalue weighted by Gasteiger charge is 2.11. The topological polar surface area (TPSA) is 76.1 Å². The van der Waals surface area contributed by atoms with Crippen LogP contribution in [0.4, 0.5) is 0 Å². The van der Waals surface area contributed by atoms with Gasteiger partial charge in [0, 0.05) is 12.0 Å². The van der Waals surface area contributed by atoms with Gasteiger partial charge < -0.3 is 9.26 Å². The second-order valence-corrected chi connectivity index (χ2v) is 4.77. The standard InChI is InChI=1S/C16H16N2O3/c1-11-15(12(2)21-18-11)7-8-16(19)20-10-14-5-3-13(9-17)4-6-14/h3-6H,7-8,10H2,1-2H3. The third kappa shape index (κ3) is 3.93. The van der Waals surface area contributed by atoms with Crippen molar-refractivity contribution in [3.8, 4) is 6.07 Å². The number of hydrogen-bond acceptors (Lipinski definition) is 5. The molecule has 0 aliphatic carbocycles. The smallest absolute Gasteiger partial charge is 0.306 e. The predicted octanol–water partition coefficient (Wildman–Crippen LogP) is 2.84. The molecule has 1 aromatic heterocycles. The summed E-state index contributed by atoms with van der Waals surface area (Å²) in [5, 5.41) is 12.6. The monoisotopic (exact) mass is 284 g/mol. The van der Waals surface area contributed by atoms with Crippen molar-refractivity contribution in [1.29, 1.82) is 5.26 Å².